The number of hydrogen-bond acceptors (Lipinski definition) is 1. The smallest absolute Gasteiger partial charge is 0.119 e. The summed E-state index contributed by atoms with van der Waals surface area (Å²) in [7, 11) is 2.35. The number of rotatable bonds is 9. The van der Waals surface area contributed by atoms with Gasteiger partial charge in [0.25, 0.3) is 0 Å². The third-order valence-electron chi connectivity index (χ3n) is 7.13. The third kappa shape index (κ3) is 5.10. The highest BCUT2D eigenvalue weighted by Crippen LogP contribution is 2.45. The highest BCUT2D eigenvalue weighted by Gasteiger charge is 2.53. The minimum absolute atomic E-state index is 0.308. The van der Waals surface area contributed by atoms with E-state index >= 15 is 0 Å². The van der Waals surface area contributed by atoms with Crippen LogP contribution in [-0.4, -0.2) is 17.8 Å². The van der Waals surface area contributed by atoms with Crippen LogP contribution in [0.15, 0.2) is 60.7 Å². The highest BCUT2D eigenvalue weighted by molar-refractivity contribution is 5.23. The van der Waals surface area contributed by atoms with E-state index in [9.17, 15) is 5.11 Å². The maximum absolute atomic E-state index is 12.1. The lowest BCUT2D eigenvalue weighted by Gasteiger charge is -2.51. The van der Waals surface area contributed by atoms with Gasteiger partial charge in [0.15, 0.2) is 0 Å². The zero-order chi connectivity index (χ0) is 20.7. The van der Waals surface area contributed by atoms with E-state index < -0.39 is 5.60 Å². The van der Waals surface area contributed by atoms with Crippen molar-refractivity contribution in [2.75, 3.05) is 7.05 Å². The lowest BCUT2D eigenvalue weighted by molar-refractivity contribution is -0.957. The molecule has 29 heavy (non-hydrogen) atoms. The van der Waals surface area contributed by atoms with Gasteiger partial charge in [0.2, 0.25) is 0 Å². The Kier molecular flexibility index (Phi) is 7.91. The maximum Gasteiger partial charge on any atom is 0.119 e. The van der Waals surface area contributed by atoms with Gasteiger partial charge in [0.1, 0.15) is 12.1 Å². The van der Waals surface area contributed by atoms with Crippen LogP contribution >= 0.6 is 0 Å². The molecule has 0 aromatic heterocycles. The Bertz CT molecular complexity index is 716. The van der Waals surface area contributed by atoms with Gasteiger partial charge in [-0.1, -0.05) is 107 Å². The van der Waals surface area contributed by atoms with Gasteiger partial charge in [-0.3, -0.25) is 0 Å². The van der Waals surface area contributed by atoms with Gasteiger partial charge in [-0.2, -0.15) is 0 Å². The van der Waals surface area contributed by atoms with E-state index in [0.717, 1.165) is 32.1 Å². The molecule has 1 aliphatic rings. The summed E-state index contributed by atoms with van der Waals surface area (Å²) in [5, 5.41) is 12.1. The molecule has 2 aromatic rings. The Morgan fingerprint density at radius 2 is 1.45 bits per heavy atom. The van der Waals surface area contributed by atoms with E-state index in [4.69, 9.17) is 0 Å². The molecule has 0 bridgehead atoms. The van der Waals surface area contributed by atoms with E-state index in [1.54, 1.807) is 0 Å². The summed E-state index contributed by atoms with van der Waals surface area (Å²) in [6, 6.07) is 22.5. The first-order valence-corrected chi connectivity index (χ1v) is 11.8. The first kappa shape index (κ1) is 22.1. The number of likely N-dealkylation sites (tertiary alicyclic amines) is 1. The summed E-state index contributed by atoms with van der Waals surface area (Å²) in [6.45, 7) is 4.50. The van der Waals surface area contributed by atoms with Crippen molar-refractivity contribution in [3.05, 3.63) is 71.8 Å². The first-order chi connectivity index (χ1) is 14.1. The second-order valence-electron chi connectivity index (χ2n) is 9.11. The fourth-order valence-electron chi connectivity index (χ4n) is 5.55. The Hall–Kier alpha value is -1.64. The van der Waals surface area contributed by atoms with Gasteiger partial charge in [-0.15, -0.1) is 0 Å². The number of nitrogens with one attached hydrogen (secondary N) is 1. The van der Waals surface area contributed by atoms with E-state index in [1.807, 2.05) is 0 Å². The molecule has 0 radical (unpaired) electrons. The number of benzene rings is 2. The van der Waals surface area contributed by atoms with Crippen molar-refractivity contribution in [3.63, 3.8) is 0 Å². The summed E-state index contributed by atoms with van der Waals surface area (Å²) in [6.07, 6.45) is 8.83. The Morgan fingerprint density at radius 1 is 0.862 bits per heavy atom. The number of piperidine rings is 1. The summed E-state index contributed by atoms with van der Waals surface area (Å²) >= 11 is 0. The molecule has 158 valence electrons. The highest BCUT2D eigenvalue weighted by atomic mass is 16.3. The third-order valence-corrected chi connectivity index (χ3v) is 7.13. The summed E-state index contributed by atoms with van der Waals surface area (Å²) in [4.78, 5) is 1.53. The molecule has 2 N–H and O–H groups in total. The molecule has 1 fully saturated rings. The normalized spacial score (nSPS) is 29.7. The van der Waals surface area contributed by atoms with Gasteiger partial charge < -0.3 is 10.0 Å². The van der Waals surface area contributed by atoms with E-state index in [-0.39, 0.29) is 0 Å². The van der Waals surface area contributed by atoms with Crippen molar-refractivity contribution in [2.24, 2.45) is 5.92 Å². The quantitative estimate of drug-likeness (QED) is 0.539. The van der Waals surface area contributed by atoms with E-state index in [2.05, 4.69) is 81.6 Å². The van der Waals surface area contributed by atoms with Crippen molar-refractivity contribution < 1.29 is 10.0 Å². The Labute approximate surface area is 178 Å². The molecule has 0 aliphatic carbocycles. The topological polar surface area (TPSA) is 24.7 Å². The van der Waals surface area contributed by atoms with Crippen molar-refractivity contribution in [2.45, 2.75) is 82.9 Å². The van der Waals surface area contributed by atoms with Crippen LogP contribution in [0.25, 0.3) is 0 Å². The van der Waals surface area contributed by atoms with Gasteiger partial charge in [0.05, 0.1) is 12.6 Å². The average Bonchev–Trinajstić information content (AvgIpc) is 2.76. The molecule has 1 unspecified atom stereocenters. The molecule has 1 aliphatic heterocycles. The summed E-state index contributed by atoms with van der Waals surface area (Å²) in [5.74, 6) is 0.308. The van der Waals surface area contributed by atoms with Crippen LogP contribution in [0.4, 0.5) is 0 Å². The number of hydrogen-bond donors (Lipinski definition) is 2. The fraction of sp³-hybridized carbons (Fsp3) is 0.556. The molecule has 0 saturated carbocycles. The second kappa shape index (κ2) is 10.4. The number of unbranched alkanes of at least 4 members (excludes halogenated alkanes) is 3. The van der Waals surface area contributed by atoms with Crippen LogP contribution < -0.4 is 4.90 Å². The first-order valence-electron chi connectivity index (χ1n) is 11.8. The van der Waals surface area contributed by atoms with Crippen LogP contribution in [0, 0.1) is 5.92 Å². The molecule has 0 amide bonds. The van der Waals surface area contributed by atoms with Gasteiger partial charge in [0, 0.05) is 23.5 Å². The second-order valence-corrected chi connectivity index (χ2v) is 9.11. The molecule has 2 heteroatoms. The lowest BCUT2D eigenvalue weighted by Crippen LogP contribution is -3.12. The van der Waals surface area contributed by atoms with Gasteiger partial charge in [-0.05, 0) is 12.8 Å². The molecule has 1 saturated heterocycles. The number of quaternary nitrogens is 1. The van der Waals surface area contributed by atoms with Crippen molar-refractivity contribution >= 4 is 0 Å². The predicted molar refractivity (Wildman–Crippen MR) is 122 cm³/mol. The molecule has 2 nitrogen and oxygen atoms in total. The standard InChI is InChI=1S/C27H39NO/c1-4-6-10-19-24-26(23-17-13-9-14-18-23)28(3)25(22-15-11-8-12-16-22)21-27(24,29)20-7-5-2/h8-9,11-18,24-26,29H,4-7,10,19-21H2,1-3H3/p+1/t24-,25-,26+,27+/m0/s1. The monoisotopic (exact) mass is 394 g/mol. The minimum Gasteiger partial charge on any atom is -0.389 e. The molecule has 5 atom stereocenters. The lowest BCUT2D eigenvalue weighted by atomic mass is 9.66. The molecule has 3 rings (SSSR count). The fourth-order valence-corrected chi connectivity index (χ4v) is 5.55. The largest absolute Gasteiger partial charge is 0.389 e. The molecule has 0 spiro atoms. The van der Waals surface area contributed by atoms with Crippen LogP contribution in [0.5, 0.6) is 0 Å². The van der Waals surface area contributed by atoms with Gasteiger partial charge >= 0.3 is 0 Å². The minimum atomic E-state index is -0.593. The zero-order valence-electron chi connectivity index (χ0n) is 18.6. The van der Waals surface area contributed by atoms with Crippen molar-refractivity contribution in [1.29, 1.82) is 0 Å². The van der Waals surface area contributed by atoms with Crippen molar-refractivity contribution in [3.8, 4) is 0 Å². The van der Waals surface area contributed by atoms with Crippen LogP contribution in [-0.2, 0) is 0 Å². The Balaban J connectivity index is 2.02. The summed E-state index contributed by atoms with van der Waals surface area (Å²) < 4.78 is 0. The van der Waals surface area contributed by atoms with E-state index in [1.165, 1.54) is 35.3 Å². The Morgan fingerprint density at radius 3 is 2.03 bits per heavy atom. The van der Waals surface area contributed by atoms with Crippen LogP contribution in [0.3, 0.4) is 0 Å². The zero-order valence-corrected chi connectivity index (χ0v) is 18.6. The SMILES string of the molecule is CCCCC[C@H]1[C@@H](c2ccccc2)[NH+](C)[C@H](c2ccccc2)C[C@]1(O)CCCC. The van der Waals surface area contributed by atoms with E-state index in [0.29, 0.717) is 18.0 Å². The molecular formula is C27H40NO+. The molecule has 1 heterocycles. The maximum atomic E-state index is 12.1. The van der Waals surface area contributed by atoms with Crippen molar-refractivity contribution in [1.82, 2.24) is 0 Å². The molecular weight excluding hydrogens is 354 g/mol. The van der Waals surface area contributed by atoms with Crippen LogP contribution in [0.2, 0.25) is 0 Å². The predicted octanol–water partition coefficient (Wildman–Crippen LogP) is 5.51. The average molecular weight is 395 g/mol. The molecule has 2 aromatic carbocycles. The number of aliphatic hydroxyl groups is 1. The van der Waals surface area contributed by atoms with Gasteiger partial charge in [-0.25, -0.2) is 0 Å². The van der Waals surface area contributed by atoms with Crippen LogP contribution in [0.1, 0.15) is 88.4 Å². The summed E-state index contributed by atoms with van der Waals surface area (Å²) in [5.41, 5.74) is 2.14.